The smallest absolute Gasteiger partial charge is 0.226 e. The number of rotatable bonds is 8. The van der Waals surface area contributed by atoms with Crippen LogP contribution in [0.15, 0.2) is 71.2 Å². The third kappa shape index (κ3) is 4.76. The maximum atomic E-state index is 10.3. The predicted molar refractivity (Wildman–Crippen MR) is 108 cm³/mol. The van der Waals surface area contributed by atoms with Gasteiger partial charge in [0.05, 0.1) is 7.11 Å². The minimum Gasteiger partial charge on any atom is -0.493 e. The van der Waals surface area contributed by atoms with E-state index in [0.717, 1.165) is 28.9 Å². The second-order valence-electron chi connectivity index (χ2n) is 5.97. The molecule has 0 radical (unpaired) electrons. The fourth-order valence-electron chi connectivity index (χ4n) is 2.60. The van der Waals surface area contributed by atoms with Crippen LogP contribution in [0, 0.1) is 6.92 Å². The molecule has 0 saturated carbocycles. The van der Waals surface area contributed by atoms with Gasteiger partial charge in [0.25, 0.3) is 0 Å². The van der Waals surface area contributed by atoms with Crippen LogP contribution < -0.4 is 9.47 Å². The first-order valence-corrected chi connectivity index (χ1v) is 8.82. The van der Waals surface area contributed by atoms with Crippen LogP contribution in [0.5, 0.6) is 11.5 Å². The number of carbonyl (C=O) groups excluding carboxylic acids is 1. The number of hydrogen-bond acceptors (Lipinski definition) is 5. The molecular formula is C23H21NO4. The van der Waals surface area contributed by atoms with Gasteiger partial charge in [-0.15, -0.1) is 0 Å². The normalized spacial score (nSPS) is 11.2. The Labute approximate surface area is 163 Å². The standard InChI is InChI=1S/C23H21NO4/c1-17-20(24-23(28-17)19-10-6-3-7-11-19)16-27-21-13-12-18(15-22(21)26-2)9-5-4-8-14-25/h3-15H,16H2,1-2H3. The van der Waals surface area contributed by atoms with Crippen LogP contribution >= 0.6 is 0 Å². The number of carbonyl (C=O) groups is 1. The summed E-state index contributed by atoms with van der Waals surface area (Å²) in [6.07, 6.45) is 7.49. The lowest BCUT2D eigenvalue weighted by atomic mass is 10.2. The van der Waals surface area contributed by atoms with Gasteiger partial charge < -0.3 is 13.9 Å². The van der Waals surface area contributed by atoms with Crippen molar-refractivity contribution in [3.8, 4) is 23.0 Å². The molecular weight excluding hydrogens is 354 g/mol. The van der Waals surface area contributed by atoms with Gasteiger partial charge in [0.2, 0.25) is 5.89 Å². The summed E-state index contributed by atoms with van der Waals surface area (Å²) < 4.78 is 17.1. The zero-order valence-electron chi connectivity index (χ0n) is 15.8. The molecule has 2 aromatic carbocycles. The average molecular weight is 375 g/mol. The summed E-state index contributed by atoms with van der Waals surface area (Å²) in [7, 11) is 1.59. The molecule has 0 aliphatic carbocycles. The van der Waals surface area contributed by atoms with Gasteiger partial charge in [-0.05, 0) is 42.8 Å². The van der Waals surface area contributed by atoms with Crippen molar-refractivity contribution in [3.05, 3.63) is 83.8 Å². The SMILES string of the molecule is COc1cc(C=CC=CC=O)ccc1OCc1nc(-c2ccccc2)oc1C. The molecule has 0 amide bonds. The van der Waals surface area contributed by atoms with Crippen molar-refractivity contribution in [1.82, 2.24) is 4.98 Å². The van der Waals surface area contributed by atoms with Crippen LogP contribution in [0.4, 0.5) is 0 Å². The molecule has 0 saturated heterocycles. The van der Waals surface area contributed by atoms with Gasteiger partial charge in [0.1, 0.15) is 24.3 Å². The topological polar surface area (TPSA) is 61.6 Å². The van der Waals surface area contributed by atoms with Gasteiger partial charge in [-0.25, -0.2) is 4.98 Å². The number of oxazole rings is 1. The van der Waals surface area contributed by atoms with Crippen molar-refractivity contribution in [2.24, 2.45) is 0 Å². The van der Waals surface area contributed by atoms with E-state index >= 15 is 0 Å². The molecule has 0 atom stereocenters. The van der Waals surface area contributed by atoms with Crippen LogP contribution in [0.25, 0.3) is 17.5 Å². The lowest BCUT2D eigenvalue weighted by Gasteiger charge is -2.10. The predicted octanol–water partition coefficient (Wildman–Crippen LogP) is 5.01. The highest BCUT2D eigenvalue weighted by Crippen LogP contribution is 2.30. The van der Waals surface area contributed by atoms with E-state index in [1.54, 1.807) is 19.3 Å². The minimum absolute atomic E-state index is 0.274. The Morgan fingerprint density at radius 1 is 1.04 bits per heavy atom. The molecule has 0 fully saturated rings. The third-order valence-electron chi connectivity index (χ3n) is 4.05. The molecule has 0 N–H and O–H groups in total. The van der Waals surface area contributed by atoms with Crippen LogP contribution in [0.1, 0.15) is 17.0 Å². The number of benzene rings is 2. The highest BCUT2D eigenvalue weighted by atomic mass is 16.5. The van der Waals surface area contributed by atoms with Gasteiger partial charge >= 0.3 is 0 Å². The minimum atomic E-state index is 0.274. The van der Waals surface area contributed by atoms with E-state index in [4.69, 9.17) is 13.9 Å². The number of hydrogen-bond donors (Lipinski definition) is 0. The number of ether oxygens (including phenoxy) is 2. The number of allylic oxidation sites excluding steroid dienone is 3. The van der Waals surface area contributed by atoms with E-state index in [1.165, 1.54) is 6.08 Å². The fraction of sp³-hybridized carbons (Fsp3) is 0.130. The molecule has 142 valence electrons. The molecule has 28 heavy (non-hydrogen) atoms. The molecule has 0 spiro atoms. The Balaban J connectivity index is 1.72. The van der Waals surface area contributed by atoms with E-state index in [0.29, 0.717) is 17.4 Å². The Bertz CT molecular complexity index is 987. The fourth-order valence-corrected chi connectivity index (χ4v) is 2.60. The van der Waals surface area contributed by atoms with Crippen LogP contribution in [0.2, 0.25) is 0 Å². The summed E-state index contributed by atoms with van der Waals surface area (Å²) in [6.45, 7) is 2.14. The molecule has 0 aliphatic rings. The summed E-state index contributed by atoms with van der Waals surface area (Å²) in [5.74, 6) is 2.53. The molecule has 1 heterocycles. The van der Waals surface area contributed by atoms with E-state index in [2.05, 4.69) is 4.98 Å². The number of nitrogens with zero attached hydrogens (tertiary/aromatic N) is 1. The van der Waals surface area contributed by atoms with Crippen molar-refractivity contribution in [3.63, 3.8) is 0 Å². The van der Waals surface area contributed by atoms with E-state index in [1.807, 2.05) is 61.5 Å². The van der Waals surface area contributed by atoms with Crippen molar-refractivity contribution < 1.29 is 18.7 Å². The molecule has 0 unspecified atom stereocenters. The van der Waals surface area contributed by atoms with Crippen LogP contribution in [-0.4, -0.2) is 18.4 Å². The van der Waals surface area contributed by atoms with Crippen molar-refractivity contribution >= 4 is 12.4 Å². The molecule has 0 bridgehead atoms. The Kier molecular flexibility index (Phi) is 6.41. The van der Waals surface area contributed by atoms with Crippen LogP contribution in [-0.2, 0) is 11.4 Å². The largest absolute Gasteiger partial charge is 0.493 e. The number of aldehydes is 1. The van der Waals surface area contributed by atoms with Gasteiger partial charge in [0.15, 0.2) is 11.5 Å². The van der Waals surface area contributed by atoms with E-state index in [9.17, 15) is 4.79 Å². The quantitative estimate of drug-likeness (QED) is 0.315. The van der Waals surface area contributed by atoms with Crippen molar-refractivity contribution in [2.75, 3.05) is 7.11 Å². The lowest BCUT2D eigenvalue weighted by Crippen LogP contribution is -1.99. The first kappa shape index (κ1) is 19.2. The number of aryl methyl sites for hydroxylation is 1. The van der Waals surface area contributed by atoms with Gasteiger partial charge in [-0.2, -0.15) is 0 Å². The lowest BCUT2D eigenvalue weighted by molar-refractivity contribution is -0.104. The van der Waals surface area contributed by atoms with Crippen molar-refractivity contribution in [1.29, 1.82) is 0 Å². The van der Waals surface area contributed by atoms with Gasteiger partial charge in [-0.3, -0.25) is 4.79 Å². The maximum Gasteiger partial charge on any atom is 0.226 e. The van der Waals surface area contributed by atoms with Crippen LogP contribution in [0.3, 0.4) is 0 Å². The zero-order valence-corrected chi connectivity index (χ0v) is 15.8. The van der Waals surface area contributed by atoms with Crippen molar-refractivity contribution in [2.45, 2.75) is 13.5 Å². The highest BCUT2D eigenvalue weighted by Gasteiger charge is 2.13. The molecule has 3 rings (SSSR count). The summed E-state index contributed by atoms with van der Waals surface area (Å²) >= 11 is 0. The zero-order chi connectivity index (χ0) is 19.8. The highest BCUT2D eigenvalue weighted by molar-refractivity contribution is 5.66. The molecule has 5 heteroatoms. The summed E-state index contributed by atoms with van der Waals surface area (Å²) in [5, 5.41) is 0. The monoisotopic (exact) mass is 375 g/mol. The summed E-state index contributed by atoms with van der Waals surface area (Å²) in [4.78, 5) is 14.8. The molecule has 0 aliphatic heterocycles. The van der Waals surface area contributed by atoms with Gasteiger partial charge in [0, 0.05) is 5.56 Å². The summed E-state index contributed by atoms with van der Waals surface area (Å²) in [5.41, 5.74) is 2.60. The maximum absolute atomic E-state index is 10.3. The van der Waals surface area contributed by atoms with E-state index < -0.39 is 0 Å². The Morgan fingerprint density at radius 3 is 2.61 bits per heavy atom. The number of methoxy groups -OCH3 is 1. The Morgan fingerprint density at radius 2 is 1.86 bits per heavy atom. The molecule has 5 nitrogen and oxygen atoms in total. The first-order valence-electron chi connectivity index (χ1n) is 8.82. The first-order chi connectivity index (χ1) is 13.7. The molecule has 3 aromatic rings. The average Bonchev–Trinajstić information content (AvgIpc) is 3.11. The third-order valence-corrected chi connectivity index (χ3v) is 4.05. The summed E-state index contributed by atoms with van der Waals surface area (Å²) in [6, 6.07) is 15.4. The van der Waals surface area contributed by atoms with E-state index in [-0.39, 0.29) is 6.61 Å². The Hall–Kier alpha value is -3.60. The number of aromatic nitrogens is 1. The second kappa shape index (κ2) is 9.37. The second-order valence-corrected chi connectivity index (χ2v) is 5.97. The molecule has 1 aromatic heterocycles. The van der Waals surface area contributed by atoms with Gasteiger partial charge in [-0.1, -0.05) is 42.5 Å².